The Labute approximate surface area is 107 Å². The van der Waals surface area contributed by atoms with Crippen LogP contribution in [-0.2, 0) is 0 Å². The van der Waals surface area contributed by atoms with E-state index in [4.69, 9.17) is 10.00 Å². The van der Waals surface area contributed by atoms with Crippen LogP contribution in [0.5, 0.6) is 5.75 Å². The topological polar surface area (TPSA) is 53.3 Å². The van der Waals surface area contributed by atoms with Gasteiger partial charge in [-0.1, -0.05) is 6.07 Å². The van der Waals surface area contributed by atoms with Crippen LogP contribution in [0.1, 0.15) is 30.1 Å². The first kappa shape index (κ1) is 12.4. The van der Waals surface area contributed by atoms with Crippen LogP contribution in [0.4, 0.5) is 0 Å². The molecule has 94 valence electrons. The van der Waals surface area contributed by atoms with Crippen LogP contribution in [0, 0.1) is 11.3 Å². The predicted octanol–water partition coefficient (Wildman–Crippen LogP) is 2.21. The van der Waals surface area contributed by atoms with E-state index in [-0.39, 0.29) is 18.5 Å². The van der Waals surface area contributed by atoms with Gasteiger partial charge in [0.1, 0.15) is 12.3 Å². The predicted molar refractivity (Wildman–Crippen MR) is 67.3 cm³/mol. The second-order valence-electron chi connectivity index (χ2n) is 4.28. The van der Waals surface area contributed by atoms with Crippen molar-refractivity contribution in [3.8, 4) is 11.8 Å². The molecule has 0 heterocycles. The molecular formula is C14H16N2O2. The average Bonchev–Trinajstić information content (AvgIpc) is 3.20. The zero-order chi connectivity index (χ0) is 13.0. The molecule has 1 fully saturated rings. The van der Waals surface area contributed by atoms with Crippen LogP contribution in [0.25, 0.3) is 0 Å². The molecule has 0 radical (unpaired) electrons. The molecule has 1 aliphatic rings. The van der Waals surface area contributed by atoms with Crippen LogP contribution in [0.3, 0.4) is 0 Å². The van der Waals surface area contributed by atoms with E-state index in [2.05, 4.69) is 6.07 Å². The molecule has 0 aliphatic heterocycles. The maximum Gasteiger partial charge on any atom is 0.255 e. The van der Waals surface area contributed by atoms with E-state index in [1.807, 2.05) is 13.0 Å². The second-order valence-corrected chi connectivity index (χ2v) is 4.28. The Morgan fingerprint density at radius 3 is 2.94 bits per heavy atom. The highest BCUT2D eigenvalue weighted by Crippen LogP contribution is 2.28. The number of nitriles is 1. The van der Waals surface area contributed by atoms with Crippen molar-refractivity contribution in [2.24, 2.45) is 0 Å². The van der Waals surface area contributed by atoms with Gasteiger partial charge in [-0.05, 0) is 38.0 Å². The molecule has 1 amide bonds. The van der Waals surface area contributed by atoms with Crippen molar-refractivity contribution in [3.63, 3.8) is 0 Å². The van der Waals surface area contributed by atoms with Gasteiger partial charge in [0.05, 0.1) is 12.7 Å². The molecule has 1 aromatic carbocycles. The summed E-state index contributed by atoms with van der Waals surface area (Å²) in [4.78, 5) is 13.9. The Bertz CT molecular complexity index is 475. The van der Waals surface area contributed by atoms with Gasteiger partial charge < -0.3 is 9.64 Å². The van der Waals surface area contributed by atoms with Crippen LogP contribution >= 0.6 is 0 Å². The summed E-state index contributed by atoms with van der Waals surface area (Å²) in [5.41, 5.74) is 0.586. The first-order valence-corrected chi connectivity index (χ1v) is 6.17. The summed E-state index contributed by atoms with van der Waals surface area (Å²) in [6, 6.07) is 9.42. The SMILES string of the molecule is CCOc1cccc(C(=O)N(CC#N)C2CC2)c1. The van der Waals surface area contributed by atoms with Gasteiger partial charge in [0.2, 0.25) is 0 Å². The second kappa shape index (κ2) is 5.54. The largest absolute Gasteiger partial charge is 0.494 e. The summed E-state index contributed by atoms with van der Waals surface area (Å²) in [5, 5.41) is 8.78. The maximum atomic E-state index is 12.3. The number of benzene rings is 1. The van der Waals surface area contributed by atoms with Crippen molar-refractivity contribution in [1.29, 1.82) is 5.26 Å². The van der Waals surface area contributed by atoms with Crippen molar-refractivity contribution in [2.45, 2.75) is 25.8 Å². The van der Waals surface area contributed by atoms with E-state index in [9.17, 15) is 4.79 Å². The number of ether oxygens (including phenoxy) is 1. The van der Waals surface area contributed by atoms with Gasteiger partial charge in [-0.25, -0.2) is 0 Å². The quantitative estimate of drug-likeness (QED) is 0.746. The van der Waals surface area contributed by atoms with Crippen LogP contribution in [0.15, 0.2) is 24.3 Å². The Balaban J connectivity index is 2.16. The van der Waals surface area contributed by atoms with E-state index < -0.39 is 0 Å². The van der Waals surface area contributed by atoms with Crippen LogP contribution < -0.4 is 4.74 Å². The maximum absolute atomic E-state index is 12.3. The molecule has 1 aliphatic carbocycles. The number of amides is 1. The van der Waals surface area contributed by atoms with Gasteiger partial charge in [0.15, 0.2) is 0 Å². The molecule has 18 heavy (non-hydrogen) atoms. The third-order valence-electron chi connectivity index (χ3n) is 2.88. The summed E-state index contributed by atoms with van der Waals surface area (Å²) in [6.45, 7) is 2.63. The van der Waals surface area contributed by atoms with E-state index in [0.717, 1.165) is 12.8 Å². The summed E-state index contributed by atoms with van der Waals surface area (Å²) < 4.78 is 5.38. The lowest BCUT2D eigenvalue weighted by Crippen LogP contribution is -2.33. The van der Waals surface area contributed by atoms with Gasteiger partial charge in [0.25, 0.3) is 5.91 Å². The monoisotopic (exact) mass is 244 g/mol. The number of carbonyl (C=O) groups excluding carboxylic acids is 1. The lowest BCUT2D eigenvalue weighted by Gasteiger charge is -2.19. The van der Waals surface area contributed by atoms with Crippen molar-refractivity contribution < 1.29 is 9.53 Å². The zero-order valence-electron chi connectivity index (χ0n) is 10.4. The van der Waals surface area contributed by atoms with Crippen molar-refractivity contribution >= 4 is 5.91 Å². The molecule has 0 saturated heterocycles. The summed E-state index contributed by atoms with van der Waals surface area (Å²) in [7, 11) is 0. The third kappa shape index (κ3) is 2.80. The van der Waals surface area contributed by atoms with E-state index >= 15 is 0 Å². The molecule has 2 rings (SSSR count). The fourth-order valence-corrected chi connectivity index (χ4v) is 1.88. The first-order valence-electron chi connectivity index (χ1n) is 6.17. The zero-order valence-corrected chi connectivity index (χ0v) is 10.4. The standard InChI is InChI=1S/C14H16N2O2/c1-2-18-13-5-3-4-11(10-13)14(17)16(9-8-15)12-6-7-12/h3-5,10,12H,2,6-7,9H2,1H3. The fraction of sp³-hybridized carbons (Fsp3) is 0.429. The molecule has 0 aromatic heterocycles. The average molecular weight is 244 g/mol. The lowest BCUT2D eigenvalue weighted by atomic mass is 10.2. The van der Waals surface area contributed by atoms with Gasteiger partial charge in [0, 0.05) is 11.6 Å². The number of nitrogens with zero attached hydrogens (tertiary/aromatic N) is 2. The molecule has 0 spiro atoms. The molecule has 0 N–H and O–H groups in total. The highest BCUT2D eigenvalue weighted by molar-refractivity contribution is 5.95. The summed E-state index contributed by atoms with van der Waals surface area (Å²) >= 11 is 0. The minimum absolute atomic E-state index is 0.0828. The van der Waals surface area contributed by atoms with Crippen molar-refractivity contribution in [2.75, 3.05) is 13.2 Å². The fourth-order valence-electron chi connectivity index (χ4n) is 1.88. The van der Waals surface area contributed by atoms with E-state index in [0.29, 0.717) is 17.9 Å². The van der Waals surface area contributed by atoms with Crippen LogP contribution in [0.2, 0.25) is 0 Å². The Hall–Kier alpha value is -2.02. The summed E-state index contributed by atoms with van der Waals surface area (Å²) in [5.74, 6) is 0.608. The normalized spacial score (nSPS) is 13.8. The number of rotatable bonds is 5. The first-order chi connectivity index (χ1) is 8.76. The van der Waals surface area contributed by atoms with Gasteiger partial charge >= 0.3 is 0 Å². The van der Waals surface area contributed by atoms with Crippen molar-refractivity contribution in [3.05, 3.63) is 29.8 Å². The molecule has 1 saturated carbocycles. The lowest BCUT2D eigenvalue weighted by molar-refractivity contribution is 0.0764. The molecule has 4 heteroatoms. The molecule has 1 aromatic rings. The molecular weight excluding hydrogens is 228 g/mol. The molecule has 0 atom stereocenters. The Morgan fingerprint density at radius 1 is 1.56 bits per heavy atom. The Morgan fingerprint density at radius 2 is 2.33 bits per heavy atom. The summed E-state index contributed by atoms with van der Waals surface area (Å²) in [6.07, 6.45) is 2.00. The number of hydrogen-bond donors (Lipinski definition) is 0. The van der Waals surface area contributed by atoms with E-state index in [1.165, 1.54) is 0 Å². The van der Waals surface area contributed by atoms with Crippen LogP contribution in [-0.4, -0.2) is 30.0 Å². The van der Waals surface area contributed by atoms with E-state index in [1.54, 1.807) is 23.1 Å². The Kier molecular flexibility index (Phi) is 3.83. The number of hydrogen-bond acceptors (Lipinski definition) is 3. The minimum Gasteiger partial charge on any atom is -0.494 e. The van der Waals surface area contributed by atoms with Crippen molar-refractivity contribution in [1.82, 2.24) is 4.90 Å². The highest BCUT2D eigenvalue weighted by atomic mass is 16.5. The smallest absolute Gasteiger partial charge is 0.255 e. The van der Waals surface area contributed by atoms with Gasteiger partial charge in [-0.15, -0.1) is 0 Å². The number of carbonyl (C=O) groups is 1. The minimum atomic E-state index is -0.0828. The van der Waals surface area contributed by atoms with Gasteiger partial charge in [-0.3, -0.25) is 4.79 Å². The van der Waals surface area contributed by atoms with Gasteiger partial charge in [-0.2, -0.15) is 5.26 Å². The molecule has 4 nitrogen and oxygen atoms in total. The highest BCUT2D eigenvalue weighted by Gasteiger charge is 2.32. The molecule has 0 unspecified atom stereocenters. The molecule has 0 bridgehead atoms. The third-order valence-corrected chi connectivity index (χ3v) is 2.88.